The molecule has 2 rings (SSSR count). The number of ether oxygens (including phenoxy) is 1. The molecule has 0 aromatic heterocycles. The maximum absolute atomic E-state index is 11.8. The standard InChI is InChI=1S/C11H15NO3S/c1-9-3-4-11(7-10(9)2)12-8-15-5-6-16(12,13)14/h3-4,7H,5-6,8H2,1-2H3. The molecule has 88 valence electrons. The van der Waals surface area contributed by atoms with Gasteiger partial charge in [-0.05, 0) is 37.1 Å². The third-order valence-electron chi connectivity index (χ3n) is 2.81. The number of rotatable bonds is 1. The van der Waals surface area contributed by atoms with Crippen LogP contribution in [-0.2, 0) is 14.8 Å². The Morgan fingerprint density at radius 1 is 1.25 bits per heavy atom. The van der Waals surface area contributed by atoms with Gasteiger partial charge in [0, 0.05) is 0 Å². The molecule has 0 unspecified atom stereocenters. The lowest BCUT2D eigenvalue weighted by Crippen LogP contribution is -2.41. The van der Waals surface area contributed by atoms with Gasteiger partial charge in [-0.2, -0.15) is 0 Å². The predicted molar refractivity (Wildman–Crippen MR) is 63.0 cm³/mol. The van der Waals surface area contributed by atoms with Crippen molar-refractivity contribution in [1.29, 1.82) is 0 Å². The molecule has 0 aliphatic carbocycles. The second kappa shape index (κ2) is 4.07. The molecular weight excluding hydrogens is 226 g/mol. The lowest BCUT2D eigenvalue weighted by molar-refractivity contribution is 0.149. The highest BCUT2D eigenvalue weighted by molar-refractivity contribution is 7.92. The molecular formula is C11H15NO3S. The SMILES string of the molecule is Cc1ccc(N2COCCS2(=O)=O)cc1C. The average molecular weight is 241 g/mol. The van der Waals surface area contributed by atoms with Crippen molar-refractivity contribution in [1.82, 2.24) is 0 Å². The maximum atomic E-state index is 11.8. The van der Waals surface area contributed by atoms with E-state index in [2.05, 4.69) is 0 Å². The minimum atomic E-state index is -3.20. The molecule has 1 aromatic rings. The normalized spacial score (nSPS) is 19.8. The zero-order valence-electron chi connectivity index (χ0n) is 9.43. The van der Waals surface area contributed by atoms with Crippen LogP contribution in [0.3, 0.4) is 0 Å². The van der Waals surface area contributed by atoms with Crippen LogP contribution in [0.15, 0.2) is 18.2 Å². The fraction of sp³-hybridized carbons (Fsp3) is 0.455. The first kappa shape index (κ1) is 11.4. The minimum absolute atomic E-state index is 0.0555. The van der Waals surface area contributed by atoms with Gasteiger partial charge in [0.1, 0.15) is 6.73 Å². The van der Waals surface area contributed by atoms with E-state index in [-0.39, 0.29) is 19.1 Å². The lowest BCUT2D eigenvalue weighted by Gasteiger charge is -2.28. The average Bonchev–Trinajstić information content (AvgIpc) is 2.22. The van der Waals surface area contributed by atoms with Crippen LogP contribution in [0.2, 0.25) is 0 Å². The van der Waals surface area contributed by atoms with Gasteiger partial charge in [-0.25, -0.2) is 12.7 Å². The van der Waals surface area contributed by atoms with Crippen molar-refractivity contribution in [3.63, 3.8) is 0 Å². The first-order valence-corrected chi connectivity index (χ1v) is 6.77. The Morgan fingerprint density at radius 3 is 2.62 bits per heavy atom. The highest BCUT2D eigenvalue weighted by Crippen LogP contribution is 2.23. The fourth-order valence-electron chi connectivity index (χ4n) is 1.62. The molecule has 1 aliphatic rings. The topological polar surface area (TPSA) is 46.6 Å². The van der Waals surface area contributed by atoms with E-state index in [4.69, 9.17) is 4.74 Å². The molecule has 4 nitrogen and oxygen atoms in total. The van der Waals surface area contributed by atoms with Crippen LogP contribution >= 0.6 is 0 Å². The number of sulfonamides is 1. The van der Waals surface area contributed by atoms with Crippen LogP contribution in [0, 0.1) is 13.8 Å². The van der Waals surface area contributed by atoms with Crippen molar-refractivity contribution in [2.45, 2.75) is 13.8 Å². The van der Waals surface area contributed by atoms with Crippen LogP contribution in [0.5, 0.6) is 0 Å². The summed E-state index contributed by atoms with van der Waals surface area (Å²) in [6, 6.07) is 5.62. The fourth-order valence-corrected chi connectivity index (χ4v) is 2.84. The summed E-state index contributed by atoms with van der Waals surface area (Å²) in [4.78, 5) is 0. The second-order valence-corrected chi connectivity index (χ2v) is 5.98. The zero-order chi connectivity index (χ0) is 11.8. The van der Waals surface area contributed by atoms with Gasteiger partial charge >= 0.3 is 0 Å². The molecule has 0 atom stereocenters. The van der Waals surface area contributed by atoms with Gasteiger partial charge in [-0.15, -0.1) is 0 Å². The quantitative estimate of drug-likeness (QED) is 0.747. The molecule has 0 amide bonds. The summed E-state index contributed by atoms with van der Waals surface area (Å²) < 4.78 is 30.2. The van der Waals surface area contributed by atoms with Gasteiger partial charge in [-0.1, -0.05) is 6.07 Å². The molecule has 0 N–H and O–H groups in total. The van der Waals surface area contributed by atoms with E-state index in [1.807, 2.05) is 32.0 Å². The van der Waals surface area contributed by atoms with Crippen molar-refractivity contribution < 1.29 is 13.2 Å². The van der Waals surface area contributed by atoms with Gasteiger partial charge in [0.15, 0.2) is 0 Å². The van der Waals surface area contributed by atoms with Gasteiger partial charge in [0.2, 0.25) is 10.0 Å². The molecule has 1 heterocycles. The highest BCUT2D eigenvalue weighted by Gasteiger charge is 2.26. The summed E-state index contributed by atoms with van der Waals surface area (Å²) >= 11 is 0. The molecule has 0 spiro atoms. The molecule has 1 aromatic carbocycles. The monoisotopic (exact) mass is 241 g/mol. The molecule has 1 saturated heterocycles. The number of hydrogen-bond donors (Lipinski definition) is 0. The Balaban J connectivity index is 2.39. The number of anilines is 1. The summed E-state index contributed by atoms with van der Waals surface area (Å²) in [7, 11) is -3.20. The van der Waals surface area contributed by atoms with Crippen molar-refractivity contribution in [2.24, 2.45) is 0 Å². The highest BCUT2D eigenvalue weighted by atomic mass is 32.2. The maximum Gasteiger partial charge on any atom is 0.239 e. The van der Waals surface area contributed by atoms with Crippen molar-refractivity contribution >= 4 is 15.7 Å². The first-order valence-electron chi connectivity index (χ1n) is 5.16. The van der Waals surface area contributed by atoms with Crippen molar-refractivity contribution in [2.75, 3.05) is 23.4 Å². The third-order valence-corrected chi connectivity index (χ3v) is 4.48. The van der Waals surface area contributed by atoms with Crippen LogP contribution in [0.4, 0.5) is 5.69 Å². The minimum Gasteiger partial charge on any atom is -0.359 e. The Hall–Kier alpha value is -1.07. The third kappa shape index (κ3) is 2.05. The molecule has 1 aliphatic heterocycles. The van der Waals surface area contributed by atoms with Crippen molar-refractivity contribution in [3.8, 4) is 0 Å². The first-order chi connectivity index (χ1) is 7.50. The molecule has 1 fully saturated rings. The van der Waals surface area contributed by atoms with Crippen LogP contribution in [0.25, 0.3) is 0 Å². The second-order valence-electron chi connectivity index (χ2n) is 3.97. The van der Waals surface area contributed by atoms with E-state index in [1.54, 1.807) is 0 Å². The van der Waals surface area contributed by atoms with Gasteiger partial charge in [-0.3, -0.25) is 0 Å². The Bertz CT molecular complexity index is 496. The molecule has 0 saturated carbocycles. The van der Waals surface area contributed by atoms with Crippen molar-refractivity contribution in [3.05, 3.63) is 29.3 Å². The molecule has 0 bridgehead atoms. The van der Waals surface area contributed by atoms with Crippen LogP contribution < -0.4 is 4.31 Å². The smallest absolute Gasteiger partial charge is 0.239 e. The number of hydrogen-bond acceptors (Lipinski definition) is 3. The van der Waals surface area contributed by atoms with Crippen LogP contribution in [-0.4, -0.2) is 27.5 Å². The largest absolute Gasteiger partial charge is 0.359 e. The Labute approximate surface area is 95.9 Å². The van der Waals surface area contributed by atoms with E-state index >= 15 is 0 Å². The summed E-state index contributed by atoms with van der Waals surface area (Å²) in [5.74, 6) is 0.0555. The number of benzene rings is 1. The zero-order valence-corrected chi connectivity index (χ0v) is 10.3. The summed E-state index contributed by atoms with van der Waals surface area (Å²) in [5, 5.41) is 0. The van der Waals surface area contributed by atoms with E-state index in [0.29, 0.717) is 5.69 Å². The van der Waals surface area contributed by atoms with E-state index < -0.39 is 10.0 Å². The van der Waals surface area contributed by atoms with E-state index in [1.165, 1.54) is 4.31 Å². The van der Waals surface area contributed by atoms with Gasteiger partial charge < -0.3 is 4.74 Å². The Morgan fingerprint density at radius 2 is 2.00 bits per heavy atom. The number of nitrogens with zero attached hydrogens (tertiary/aromatic N) is 1. The Kier molecular flexibility index (Phi) is 2.90. The van der Waals surface area contributed by atoms with Gasteiger partial charge in [0.05, 0.1) is 18.0 Å². The molecule has 0 radical (unpaired) electrons. The van der Waals surface area contributed by atoms with E-state index in [0.717, 1.165) is 11.1 Å². The summed E-state index contributed by atoms with van der Waals surface area (Å²) in [5.41, 5.74) is 2.92. The molecule has 5 heteroatoms. The summed E-state index contributed by atoms with van der Waals surface area (Å²) in [6.45, 7) is 4.37. The van der Waals surface area contributed by atoms with Crippen LogP contribution in [0.1, 0.15) is 11.1 Å². The van der Waals surface area contributed by atoms with Gasteiger partial charge in [0.25, 0.3) is 0 Å². The predicted octanol–water partition coefficient (Wildman–Crippen LogP) is 1.43. The van der Waals surface area contributed by atoms with E-state index in [9.17, 15) is 8.42 Å². The molecule has 16 heavy (non-hydrogen) atoms. The summed E-state index contributed by atoms with van der Waals surface area (Å²) in [6.07, 6.45) is 0. The lowest BCUT2D eigenvalue weighted by atomic mass is 10.1. The number of aryl methyl sites for hydroxylation is 2.